The van der Waals surface area contributed by atoms with E-state index < -0.39 is 5.41 Å². The van der Waals surface area contributed by atoms with Gasteiger partial charge in [-0.2, -0.15) is 0 Å². The molecular weight excluding hydrogens is 857 g/mol. The number of aromatic nitrogens is 1. The first-order valence-corrected chi connectivity index (χ1v) is 24.6. The summed E-state index contributed by atoms with van der Waals surface area (Å²) in [6, 6.07) is 103. The molecule has 0 fully saturated rings. The summed E-state index contributed by atoms with van der Waals surface area (Å²) in [5, 5.41) is 7.38. The summed E-state index contributed by atoms with van der Waals surface area (Å²) in [7, 11) is 0. The minimum atomic E-state index is -0.502. The first-order chi connectivity index (χ1) is 35.2. The molecule has 0 unspecified atom stereocenters. The number of fused-ring (bicyclic) bond motifs is 8. The fourth-order valence-corrected chi connectivity index (χ4v) is 11.8. The fraction of sp³-hybridized carbons (Fsp3) is 0.0145. The van der Waals surface area contributed by atoms with Crippen LogP contribution in [0.15, 0.2) is 279 Å². The van der Waals surface area contributed by atoms with E-state index in [1.807, 2.05) is 0 Å². The predicted molar refractivity (Wildman–Crippen MR) is 299 cm³/mol. The molecule has 2 heteroatoms. The van der Waals surface area contributed by atoms with Crippen molar-refractivity contribution in [1.82, 2.24) is 4.57 Å². The highest BCUT2D eigenvalue weighted by molar-refractivity contribution is 6.14. The first kappa shape index (κ1) is 40.8. The van der Waals surface area contributed by atoms with Crippen LogP contribution in [0.5, 0.6) is 0 Å². The minimum absolute atomic E-state index is 0.502. The van der Waals surface area contributed by atoms with Gasteiger partial charge in [-0.25, -0.2) is 0 Å². The summed E-state index contributed by atoms with van der Waals surface area (Å²) in [5.41, 5.74) is 18.8. The van der Waals surface area contributed by atoms with Gasteiger partial charge in [0.25, 0.3) is 0 Å². The molecule has 0 radical (unpaired) electrons. The van der Waals surface area contributed by atoms with Crippen molar-refractivity contribution in [2.75, 3.05) is 4.90 Å². The Balaban J connectivity index is 0.909. The Morgan fingerprint density at radius 1 is 0.296 bits per heavy atom. The second-order valence-electron chi connectivity index (χ2n) is 18.8. The summed E-state index contributed by atoms with van der Waals surface area (Å²) >= 11 is 0. The average molecular weight is 903 g/mol. The topological polar surface area (TPSA) is 8.17 Å². The summed E-state index contributed by atoms with van der Waals surface area (Å²) in [6.45, 7) is 0. The lowest BCUT2D eigenvalue weighted by molar-refractivity contribution is 0.767. The van der Waals surface area contributed by atoms with Gasteiger partial charge in [-0.3, -0.25) is 0 Å². The van der Waals surface area contributed by atoms with Crippen molar-refractivity contribution in [3.8, 4) is 39.1 Å². The van der Waals surface area contributed by atoms with E-state index in [1.165, 1.54) is 99.0 Å². The average Bonchev–Trinajstić information content (AvgIpc) is 3.93. The number of benzene rings is 12. The van der Waals surface area contributed by atoms with Gasteiger partial charge in [0.1, 0.15) is 0 Å². The van der Waals surface area contributed by atoms with Gasteiger partial charge in [0.15, 0.2) is 0 Å². The monoisotopic (exact) mass is 902 g/mol. The maximum absolute atomic E-state index is 2.51. The molecule has 13 aromatic rings. The van der Waals surface area contributed by atoms with Gasteiger partial charge in [-0.15, -0.1) is 0 Å². The van der Waals surface area contributed by atoms with Crippen LogP contribution in [0.4, 0.5) is 17.1 Å². The highest BCUT2D eigenvalue weighted by Gasteiger charge is 2.46. The highest BCUT2D eigenvalue weighted by Crippen LogP contribution is 2.57. The predicted octanol–water partition coefficient (Wildman–Crippen LogP) is 18.3. The second-order valence-corrected chi connectivity index (χ2v) is 18.8. The molecule has 1 aromatic heterocycles. The van der Waals surface area contributed by atoms with E-state index in [2.05, 4.69) is 289 Å². The highest BCUT2D eigenvalue weighted by atomic mass is 15.1. The zero-order valence-electron chi connectivity index (χ0n) is 39.0. The molecule has 1 heterocycles. The molecule has 0 saturated carbocycles. The van der Waals surface area contributed by atoms with E-state index in [9.17, 15) is 0 Å². The van der Waals surface area contributed by atoms with E-state index >= 15 is 0 Å². The van der Waals surface area contributed by atoms with E-state index in [0.717, 1.165) is 22.7 Å². The van der Waals surface area contributed by atoms with Gasteiger partial charge in [0, 0.05) is 33.2 Å². The molecule has 0 aliphatic heterocycles. The van der Waals surface area contributed by atoms with Crippen molar-refractivity contribution in [3.05, 3.63) is 301 Å². The van der Waals surface area contributed by atoms with Gasteiger partial charge in [-0.1, -0.05) is 218 Å². The third kappa shape index (κ3) is 6.49. The molecule has 1 aliphatic rings. The molecule has 0 spiro atoms. The van der Waals surface area contributed by atoms with Crippen molar-refractivity contribution < 1.29 is 0 Å². The van der Waals surface area contributed by atoms with Crippen LogP contribution in [-0.4, -0.2) is 4.57 Å². The van der Waals surface area contributed by atoms with E-state index in [4.69, 9.17) is 0 Å². The van der Waals surface area contributed by atoms with Crippen LogP contribution in [-0.2, 0) is 5.41 Å². The number of hydrogen-bond donors (Lipinski definition) is 0. The molecule has 14 rings (SSSR count). The Labute approximate surface area is 413 Å². The van der Waals surface area contributed by atoms with Crippen LogP contribution in [0, 0.1) is 0 Å². The number of anilines is 3. The van der Waals surface area contributed by atoms with Crippen LogP contribution in [0.25, 0.3) is 82.4 Å². The van der Waals surface area contributed by atoms with Gasteiger partial charge in [0.05, 0.1) is 22.1 Å². The maximum atomic E-state index is 2.51. The Morgan fingerprint density at radius 2 is 0.845 bits per heavy atom. The lowest BCUT2D eigenvalue weighted by Crippen LogP contribution is -2.28. The number of hydrogen-bond acceptors (Lipinski definition) is 1. The SMILES string of the molecule is c1ccc(N(c2cccc(-c3ccc(-c4ccc5c6cc7ccccc7cc6n(-c6ccc7c(c6)C(c6ccccc6)(c6ccccc6)c6ccccc6-7)c5c4)cc3)c2)c2cccc3ccccc23)cc1. The maximum Gasteiger partial charge on any atom is 0.0714 e. The van der Waals surface area contributed by atoms with Gasteiger partial charge in [-0.05, 0) is 132 Å². The van der Waals surface area contributed by atoms with Gasteiger partial charge in [0.2, 0.25) is 0 Å². The van der Waals surface area contributed by atoms with E-state index in [1.54, 1.807) is 0 Å². The van der Waals surface area contributed by atoms with Crippen LogP contribution in [0.2, 0.25) is 0 Å². The first-order valence-electron chi connectivity index (χ1n) is 24.6. The molecule has 1 aliphatic carbocycles. The molecule has 12 aromatic carbocycles. The third-order valence-electron chi connectivity index (χ3n) is 15.0. The molecule has 71 heavy (non-hydrogen) atoms. The lowest BCUT2D eigenvalue weighted by Gasteiger charge is -2.34. The summed E-state index contributed by atoms with van der Waals surface area (Å²) in [6.07, 6.45) is 0. The lowest BCUT2D eigenvalue weighted by atomic mass is 9.67. The van der Waals surface area contributed by atoms with Crippen molar-refractivity contribution >= 4 is 60.4 Å². The van der Waals surface area contributed by atoms with Crippen LogP contribution < -0.4 is 4.90 Å². The summed E-state index contributed by atoms with van der Waals surface area (Å²) in [4.78, 5) is 2.38. The van der Waals surface area contributed by atoms with Crippen LogP contribution in [0.1, 0.15) is 22.3 Å². The minimum Gasteiger partial charge on any atom is -0.310 e. The largest absolute Gasteiger partial charge is 0.310 e. The molecule has 0 bridgehead atoms. The van der Waals surface area contributed by atoms with Crippen molar-refractivity contribution in [2.24, 2.45) is 0 Å². The second kappa shape index (κ2) is 16.5. The number of rotatable bonds is 8. The summed E-state index contributed by atoms with van der Waals surface area (Å²) < 4.78 is 2.51. The Morgan fingerprint density at radius 3 is 1.59 bits per heavy atom. The molecule has 2 nitrogen and oxygen atoms in total. The summed E-state index contributed by atoms with van der Waals surface area (Å²) in [5.74, 6) is 0. The fourth-order valence-electron chi connectivity index (χ4n) is 11.8. The van der Waals surface area contributed by atoms with Crippen molar-refractivity contribution in [3.63, 3.8) is 0 Å². The Bertz CT molecular complexity index is 4110. The normalized spacial score (nSPS) is 12.6. The Hall–Kier alpha value is -9.24. The van der Waals surface area contributed by atoms with E-state index in [0.29, 0.717) is 0 Å². The zero-order chi connectivity index (χ0) is 46.9. The zero-order valence-corrected chi connectivity index (χ0v) is 39.0. The van der Waals surface area contributed by atoms with Crippen molar-refractivity contribution in [2.45, 2.75) is 5.41 Å². The third-order valence-corrected chi connectivity index (χ3v) is 15.0. The van der Waals surface area contributed by atoms with E-state index in [-0.39, 0.29) is 0 Å². The molecule has 0 N–H and O–H groups in total. The quantitative estimate of drug-likeness (QED) is 0.147. The van der Waals surface area contributed by atoms with Crippen LogP contribution in [0.3, 0.4) is 0 Å². The number of para-hydroxylation sites is 1. The Kier molecular flexibility index (Phi) is 9.47. The molecule has 0 atom stereocenters. The smallest absolute Gasteiger partial charge is 0.0714 e. The standard InChI is InChI=1S/C69H46N2/c1-4-23-54(24-5-1)69(55-25-6-2-7-26-55)64-32-15-14-31-60(64)61-41-39-58(46-65(61)69)71-67-45-53(38-40-62(67)63-43-51-19-10-11-20-52(51)44-68(63)71)48-36-34-47(35-37-48)50-22-16-29-57(42-50)70(56-27-8-3-9-28-56)66-33-17-21-49-18-12-13-30-59(49)66/h1-46H. The molecule has 0 amide bonds. The number of nitrogens with zero attached hydrogens (tertiary/aromatic N) is 2. The molecular formula is C69H46N2. The van der Waals surface area contributed by atoms with Gasteiger partial charge < -0.3 is 9.47 Å². The van der Waals surface area contributed by atoms with Crippen LogP contribution >= 0.6 is 0 Å². The molecule has 0 saturated heterocycles. The molecule has 332 valence electrons. The van der Waals surface area contributed by atoms with Gasteiger partial charge >= 0.3 is 0 Å². The van der Waals surface area contributed by atoms with Crippen molar-refractivity contribution in [1.29, 1.82) is 0 Å².